The number of anilines is 2. The van der Waals surface area contributed by atoms with Crippen molar-refractivity contribution in [3.05, 3.63) is 87.2 Å². The summed E-state index contributed by atoms with van der Waals surface area (Å²) in [7, 11) is 5.54. The maximum atomic E-state index is 16.2. The number of hydrogen-bond donors (Lipinski definition) is 8. The first-order valence-electron chi connectivity index (χ1n) is 28.5. The molecule has 2 aromatic carbocycles. The summed E-state index contributed by atoms with van der Waals surface area (Å²) in [5, 5.41) is 27.7. The molecule has 4 heterocycles. The number of amides is 9. The first kappa shape index (κ1) is 69.7. The van der Waals surface area contributed by atoms with Crippen molar-refractivity contribution in [2.24, 2.45) is 17.6 Å². The normalized spacial score (nSPS) is 24.7. The summed E-state index contributed by atoms with van der Waals surface area (Å²) in [4.78, 5) is 123. The van der Waals surface area contributed by atoms with Crippen LogP contribution in [-0.4, -0.2) is 175 Å². The SMILES string of the molecule is COc1cc2cc(c1Cl)N(C)C(=O)C[C@H](OC(=O)[C@H](C)N(C)C(=O)c1cc(F)c(NC(=O)[C@H](CCCNC(N)=O)NC(=O)[C@@H](NC(=S)NCCCCN3C(=O)C=CC3=O)C(C)C)cc1Cl)[C@]1(C)O[C@H]1[C@H](C)[C@@H]1C[C@@](O)(NC(=O)O1)[C@H](OC)/C=C/C=C(\C)C2. The van der Waals surface area contributed by atoms with Gasteiger partial charge < -0.3 is 70.9 Å². The number of nitrogens with one attached hydrogen (secondary N) is 6. The number of urea groups is 1. The molecule has 9 N–H and O–H groups in total. The number of halogens is 3. The number of carbonyl (C=O) groups is 9. The molecule has 0 spiro atoms. The van der Waals surface area contributed by atoms with Gasteiger partial charge in [-0.1, -0.05) is 67.8 Å². The van der Waals surface area contributed by atoms with Crippen LogP contribution in [0, 0.1) is 17.7 Å². The molecule has 0 unspecified atom stereocenters. The zero-order valence-corrected chi connectivity index (χ0v) is 52.9. The van der Waals surface area contributed by atoms with E-state index in [0.717, 1.165) is 27.5 Å². The number of aliphatic hydroxyl groups is 1. The Morgan fingerprint density at radius 2 is 1.67 bits per heavy atom. The minimum Gasteiger partial charge on any atom is -0.495 e. The molecule has 480 valence electrons. The van der Waals surface area contributed by atoms with E-state index in [1.54, 1.807) is 58.1 Å². The fraction of sp³-hybridized carbons (Fsp3) is 0.525. The number of hydrogen-bond acceptors (Lipinski definition) is 16. The van der Waals surface area contributed by atoms with Gasteiger partial charge in [-0.05, 0) is 101 Å². The molecule has 88 heavy (non-hydrogen) atoms. The Balaban J connectivity index is 1.18. The van der Waals surface area contributed by atoms with E-state index in [2.05, 4.69) is 31.9 Å². The highest BCUT2D eigenvalue weighted by Gasteiger charge is 2.64. The second kappa shape index (κ2) is 30.2. The minimum atomic E-state index is -1.95. The number of epoxide rings is 1. The first-order chi connectivity index (χ1) is 41.4. The molecule has 2 fully saturated rings. The van der Waals surface area contributed by atoms with Gasteiger partial charge in [-0.25, -0.2) is 18.8 Å². The molecule has 4 bridgehead atoms. The Labute approximate surface area is 524 Å². The average molecular weight is 1290 g/mol. The molecule has 4 aliphatic heterocycles. The third-order valence-corrected chi connectivity index (χ3v) is 16.8. The van der Waals surface area contributed by atoms with Crippen LogP contribution in [0.25, 0.3) is 0 Å². The number of thiocarbonyl (C=S) groups is 1. The van der Waals surface area contributed by atoms with Gasteiger partial charge in [-0.2, -0.15) is 0 Å². The maximum Gasteiger partial charge on any atom is 0.409 e. The van der Waals surface area contributed by atoms with Crippen LogP contribution >= 0.6 is 35.4 Å². The Bertz CT molecular complexity index is 3120. The predicted molar refractivity (Wildman–Crippen MR) is 327 cm³/mol. The molecule has 29 heteroatoms. The van der Waals surface area contributed by atoms with Crippen LogP contribution in [0.2, 0.25) is 10.0 Å². The zero-order valence-electron chi connectivity index (χ0n) is 50.6. The first-order valence-corrected chi connectivity index (χ1v) is 29.7. The van der Waals surface area contributed by atoms with Crippen molar-refractivity contribution in [2.45, 2.75) is 140 Å². The van der Waals surface area contributed by atoms with Crippen LogP contribution in [0.4, 0.5) is 25.4 Å². The van der Waals surface area contributed by atoms with Crippen molar-refractivity contribution in [1.29, 1.82) is 0 Å². The van der Waals surface area contributed by atoms with Crippen molar-refractivity contribution < 1.29 is 76.3 Å². The highest BCUT2D eigenvalue weighted by molar-refractivity contribution is 7.80. The second-order valence-corrected chi connectivity index (χ2v) is 23.8. The highest BCUT2D eigenvalue weighted by atomic mass is 35.5. The monoisotopic (exact) mass is 1290 g/mol. The number of likely N-dealkylation sites (N-methyl/N-ethyl adjacent to an activating group) is 1. The average Bonchev–Trinajstić information content (AvgIpc) is 1.70. The summed E-state index contributed by atoms with van der Waals surface area (Å²) in [6, 6.07) is 0.589. The van der Waals surface area contributed by atoms with Crippen LogP contribution in [0.3, 0.4) is 0 Å². The number of fused-ring (bicyclic) bond motifs is 5. The Hall–Kier alpha value is -7.43. The van der Waals surface area contributed by atoms with Crippen molar-refractivity contribution >= 4 is 105 Å². The Morgan fingerprint density at radius 3 is 2.32 bits per heavy atom. The molecule has 4 aliphatic rings. The maximum absolute atomic E-state index is 16.2. The number of methoxy groups -OCH3 is 2. The van der Waals surface area contributed by atoms with Crippen molar-refractivity contribution in [2.75, 3.05) is 58.2 Å². The van der Waals surface area contributed by atoms with E-state index in [-0.39, 0.29) is 76.7 Å². The number of ether oxygens (including phenoxy) is 5. The van der Waals surface area contributed by atoms with Gasteiger partial charge in [0.05, 0.1) is 41.6 Å². The molecule has 2 saturated heterocycles. The molecule has 0 saturated carbocycles. The highest BCUT2D eigenvalue weighted by Crippen LogP contribution is 2.49. The summed E-state index contributed by atoms with van der Waals surface area (Å²) in [6.45, 7) is 10.6. The van der Waals surface area contributed by atoms with Crippen LogP contribution in [-0.2, 0) is 54.1 Å². The molecule has 0 radical (unpaired) electrons. The summed E-state index contributed by atoms with van der Waals surface area (Å²) >= 11 is 18.9. The number of primary amides is 1. The lowest BCUT2D eigenvalue weighted by Crippen LogP contribution is -2.63. The number of carbonyl (C=O) groups excluding carboxylic acids is 9. The lowest BCUT2D eigenvalue weighted by Gasteiger charge is -2.42. The summed E-state index contributed by atoms with van der Waals surface area (Å²) in [5.41, 5.74) is 2.77. The van der Waals surface area contributed by atoms with Gasteiger partial charge in [0.15, 0.2) is 10.8 Å². The molecular formula is C59H77Cl2FN10O15S. The molecule has 9 amide bonds. The van der Waals surface area contributed by atoms with Crippen molar-refractivity contribution in [1.82, 2.24) is 36.4 Å². The van der Waals surface area contributed by atoms with Crippen LogP contribution in [0.5, 0.6) is 5.75 Å². The molecule has 0 aliphatic carbocycles. The summed E-state index contributed by atoms with van der Waals surface area (Å²) in [5.74, 6) is -6.83. The van der Waals surface area contributed by atoms with Crippen LogP contribution < -0.4 is 47.3 Å². The third kappa shape index (κ3) is 17.2. The molecule has 6 rings (SSSR count). The standard InChI is InChI=1S/C59H77Cl2FN10O15S/c1-30(2)49(68-56(88)65-20-11-12-22-72-45(73)18-19-46(72)74)52(77)66-38(16-14-21-64-55(63)80)51(76)67-39-27-36(60)35(26-37(39)62)53(78)70(7)33(5)54(79)86-44-28-47(75)71(8)40-24-34(25-41(83-9)48(40)61)23-31(3)15-13-17-43(84-10)59(82)29-42(85-57(81)69-59)32(4)50-58(44,6)87-50/h13,15,17-19,24-27,30,32-33,38,42-44,49-50,82H,11-12,14,16,20-23,28-29H2,1-10H3,(H,66,77)(H,67,76)(H,69,81)(H3,63,64,80)(H2,65,68,88)/b17-13+,31-15+/t32-,33+,38+,42+,43-,44+,49+,50+,58+,59+/m1/s1. The van der Waals surface area contributed by atoms with E-state index in [1.165, 1.54) is 52.3 Å². The van der Waals surface area contributed by atoms with Gasteiger partial charge >= 0.3 is 18.1 Å². The number of unbranched alkanes of at least 4 members (excludes halogenated alkanes) is 1. The van der Waals surface area contributed by atoms with Gasteiger partial charge in [0.25, 0.3) is 17.7 Å². The number of esters is 1. The topological polar surface area (TPSA) is 331 Å². The number of nitrogens with zero attached hydrogens (tertiary/aromatic N) is 3. The van der Waals surface area contributed by atoms with Gasteiger partial charge in [0.2, 0.25) is 17.7 Å². The zero-order chi connectivity index (χ0) is 65.1. The van der Waals surface area contributed by atoms with Gasteiger partial charge in [0.1, 0.15) is 58.6 Å². The Kier molecular flexibility index (Phi) is 23.9. The second-order valence-electron chi connectivity index (χ2n) is 22.6. The minimum absolute atomic E-state index is 0.0145. The summed E-state index contributed by atoms with van der Waals surface area (Å²) < 4.78 is 45.6. The molecule has 0 aromatic heterocycles. The fourth-order valence-corrected chi connectivity index (χ4v) is 11.2. The predicted octanol–water partition coefficient (Wildman–Crippen LogP) is 4.69. The van der Waals surface area contributed by atoms with Gasteiger partial charge in [0, 0.05) is 65.3 Å². The van der Waals surface area contributed by atoms with E-state index in [0.29, 0.717) is 31.4 Å². The van der Waals surface area contributed by atoms with E-state index in [9.17, 15) is 48.3 Å². The lowest BCUT2D eigenvalue weighted by atomic mass is 9.83. The lowest BCUT2D eigenvalue weighted by molar-refractivity contribution is -0.158. The van der Waals surface area contributed by atoms with Crippen LogP contribution in [0.15, 0.2) is 60.2 Å². The van der Waals surface area contributed by atoms with E-state index in [4.69, 9.17) is 64.8 Å². The summed E-state index contributed by atoms with van der Waals surface area (Å²) in [6.07, 6.45) is 3.06. The number of rotatable bonds is 21. The largest absolute Gasteiger partial charge is 0.495 e. The van der Waals surface area contributed by atoms with Crippen molar-refractivity contribution in [3.8, 4) is 5.75 Å². The molecule has 2 aromatic rings. The number of nitrogens with two attached hydrogens (primary N) is 1. The molecule has 10 atom stereocenters. The number of allylic oxidation sites excluding steroid dienone is 3. The smallest absolute Gasteiger partial charge is 0.409 e. The molecule has 25 nitrogen and oxygen atoms in total. The number of alkyl carbamates (subject to hydrolysis) is 1. The van der Waals surface area contributed by atoms with Gasteiger partial charge in [-0.15, -0.1) is 0 Å². The number of benzene rings is 2. The third-order valence-electron chi connectivity index (χ3n) is 15.8. The molecular weight excluding hydrogens is 1210 g/mol. The van der Waals surface area contributed by atoms with Gasteiger partial charge in [-0.3, -0.25) is 39.0 Å². The van der Waals surface area contributed by atoms with E-state index in [1.807, 2.05) is 6.92 Å². The Morgan fingerprint density at radius 1 is 0.989 bits per heavy atom. The van der Waals surface area contributed by atoms with Crippen LogP contribution in [0.1, 0.15) is 96.0 Å². The number of imide groups is 1. The van der Waals surface area contributed by atoms with E-state index >= 15 is 4.39 Å². The fourth-order valence-electron chi connectivity index (χ4n) is 10.4. The quantitative estimate of drug-likeness (QED) is 0.0276. The van der Waals surface area contributed by atoms with E-state index < -0.39 is 125 Å². The van der Waals surface area contributed by atoms with Crippen molar-refractivity contribution in [3.63, 3.8) is 0 Å².